The molecule has 0 radical (unpaired) electrons. The zero-order valence-corrected chi connectivity index (χ0v) is 18.9. The Hall–Kier alpha value is -2.47. The Morgan fingerprint density at radius 2 is 1.83 bits per heavy atom. The molecule has 1 aromatic carbocycles. The highest BCUT2D eigenvalue weighted by atomic mass is 32.2. The van der Waals surface area contributed by atoms with Crippen molar-refractivity contribution < 1.29 is 17.9 Å². The van der Waals surface area contributed by atoms with Crippen molar-refractivity contribution in [3.05, 3.63) is 23.8 Å². The summed E-state index contributed by atoms with van der Waals surface area (Å²) < 4.78 is 28.9. The fraction of sp³-hybridized carbons (Fsp3) is 0.619. The van der Waals surface area contributed by atoms with Crippen LogP contribution in [0.2, 0.25) is 0 Å². The van der Waals surface area contributed by atoms with E-state index in [1.54, 1.807) is 4.90 Å². The van der Waals surface area contributed by atoms with Crippen LogP contribution in [0.1, 0.15) is 33.3 Å². The molecule has 0 spiro atoms. The van der Waals surface area contributed by atoms with Gasteiger partial charge < -0.3 is 19.4 Å². The average molecular weight is 435 g/mol. The molecule has 3 rings (SSSR count). The fourth-order valence-electron chi connectivity index (χ4n) is 3.85. The summed E-state index contributed by atoms with van der Waals surface area (Å²) >= 11 is 0. The summed E-state index contributed by atoms with van der Waals surface area (Å²) in [6.07, 6.45) is -0.304. The van der Waals surface area contributed by atoms with Gasteiger partial charge in [-0.2, -0.15) is 5.26 Å². The second-order valence-electron chi connectivity index (χ2n) is 8.92. The lowest BCUT2D eigenvalue weighted by molar-refractivity contribution is 0.0219. The molecule has 2 aliphatic heterocycles. The van der Waals surface area contributed by atoms with Crippen molar-refractivity contribution in [2.45, 2.75) is 39.3 Å². The van der Waals surface area contributed by atoms with Crippen LogP contribution in [0, 0.1) is 11.3 Å². The predicted molar refractivity (Wildman–Crippen MR) is 117 cm³/mol. The first-order valence-electron chi connectivity index (χ1n) is 10.2. The second-order valence-corrected chi connectivity index (χ2v) is 11.2. The van der Waals surface area contributed by atoms with Crippen LogP contribution in [-0.4, -0.2) is 75.3 Å². The SMILES string of the molecule is C[C@@H]1CN(C(=O)OC(C)(C)C)CCN1c1ccc(N2CCS(=O)(=O)CC2)c(C#N)c1. The maximum Gasteiger partial charge on any atom is 0.410 e. The maximum atomic E-state index is 12.4. The van der Waals surface area contributed by atoms with Gasteiger partial charge in [-0.05, 0) is 45.9 Å². The Balaban J connectivity index is 1.71. The molecule has 2 fully saturated rings. The van der Waals surface area contributed by atoms with E-state index in [1.807, 2.05) is 50.8 Å². The number of sulfone groups is 1. The highest BCUT2D eigenvalue weighted by Crippen LogP contribution is 2.29. The molecule has 8 nitrogen and oxygen atoms in total. The Bertz CT molecular complexity index is 935. The number of anilines is 2. The van der Waals surface area contributed by atoms with Crippen molar-refractivity contribution in [2.24, 2.45) is 0 Å². The Morgan fingerprint density at radius 3 is 2.40 bits per heavy atom. The third-order valence-corrected chi connectivity index (χ3v) is 7.01. The van der Waals surface area contributed by atoms with Crippen molar-refractivity contribution in [2.75, 3.05) is 54.0 Å². The van der Waals surface area contributed by atoms with E-state index in [0.717, 1.165) is 11.4 Å². The van der Waals surface area contributed by atoms with Crippen LogP contribution in [0.25, 0.3) is 0 Å². The quantitative estimate of drug-likeness (QED) is 0.704. The smallest absolute Gasteiger partial charge is 0.410 e. The molecule has 0 aliphatic carbocycles. The van der Waals surface area contributed by atoms with Crippen LogP contribution in [0.3, 0.4) is 0 Å². The Labute approximate surface area is 178 Å². The van der Waals surface area contributed by atoms with E-state index in [1.165, 1.54) is 0 Å². The summed E-state index contributed by atoms with van der Waals surface area (Å²) in [5.74, 6) is 0.229. The van der Waals surface area contributed by atoms with Gasteiger partial charge in [0.1, 0.15) is 11.7 Å². The van der Waals surface area contributed by atoms with Crippen LogP contribution < -0.4 is 9.80 Å². The van der Waals surface area contributed by atoms with Crippen molar-refractivity contribution in [3.63, 3.8) is 0 Å². The molecule has 2 aliphatic rings. The second kappa shape index (κ2) is 8.34. The van der Waals surface area contributed by atoms with E-state index < -0.39 is 15.4 Å². The molecule has 1 amide bonds. The first-order chi connectivity index (χ1) is 14.0. The molecule has 0 N–H and O–H groups in total. The van der Waals surface area contributed by atoms with Gasteiger partial charge in [0, 0.05) is 44.5 Å². The number of nitrogens with zero attached hydrogens (tertiary/aromatic N) is 4. The number of rotatable bonds is 2. The summed E-state index contributed by atoms with van der Waals surface area (Å²) in [7, 11) is -2.97. The van der Waals surface area contributed by atoms with Gasteiger partial charge in [0.25, 0.3) is 0 Å². The highest BCUT2D eigenvalue weighted by molar-refractivity contribution is 7.91. The lowest BCUT2D eigenvalue weighted by atomic mass is 10.1. The molecule has 30 heavy (non-hydrogen) atoms. The highest BCUT2D eigenvalue weighted by Gasteiger charge is 2.30. The molecule has 9 heteroatoms. The van der Waals surface area contributed by atoms with Gasteiger partial charge in [0.05, 0.1) is 22.8 Å². The largest absolute Gasteiger partial charge is 0.444 e. The average Bonchev–Trinajstić information content (AvgIpc) is 2.66. The lowest BCUT2D eigenvalue weighted by Gasteiger charge is -2.41. The molecule has 1 aromatic rings. The minimum absolute atomic E-state index is 0.0730. The van der Waals surface area contributed by atoms with Crippen LogP contribution in [0.4, 0.5) is 16.2 Å². The molecule has 164 valence electrons. The zero-order valence-electron chi connectivity index (χ0n) is 18.1. The van der Waals surface area contributed by atoms with E-state index in [9.17, 15) is 18.5 Å². The molecule has 0 aromatic heterocycles. The van der Waals surface area contributed by atoms with Gasteiger partial charge in [0.15, 0.2) is 9.84 Å². The van der Waals surface area contributed by atoms with Gasteiger partial charge in [-0.25, -0.2) is 13.2 Å². The third-order valence-electron chi connectivity index (χ3n) is 5.40. The van der Waals surface area contributed by atoms with Gasteiger partial charge in [0.2, 0.25) is 0 Å². The number of carbonyl (C=O) groups is 1. The third kappa shape index (κ3) is 5.17. The Morgan fingerprint density at radius 1 is 1.17 bits per heavy atom. The topological polar surface area (TPSA) is 93.9 Å². The number of amides is 1. The van der Waals surface area contributed by atoms with Gasteiger partial charge >= 0.3 is 6.09 Å². The zero-order chi connectivity index (χ0) is 22.1. The van der Waals surface area contributed by atoms with E-state index in [-0.39, 0.29) is 23.6 Å². The number of piperazine rings is 1. The van der Waals surface area contributed by atoms with Gasteiger partial charge in [-0.1, -0.05) is 0 Å². The summed E-state index contributed by atoms with van der Waals surface area (Å²) in [6, 6.07) is 8.06. The first kappa shape index (κ1) is 22.2. The molecule has 2 heterocycles. The molecular formula is C21H30N4O4S. The molecule has 0 unspecified atom stereocenters. The fourth-order valence-corrected chi connectivity index (χ4v) is 5.06. The minimum Gasteiger partial charge on any atom is -0.444 e. The number of ether oxygens (including phenoxy) is 1. The van der Waals surface area contributed by atoms with E-state index in [0.29, 0.717) is 38.3 Å². The number of hydrogen-bond donors (Lipinski definition) is 0. The number of benzene rings is 1. The van der Waals surface area contributed by atoms with Gasteiger partial charge in [-0.15, -0.1) is 0 Å². The number of nitriles is 1. The van der Waals surface area contributed by atoms with Crippen LogP contribution in [-0.2, 0) is 14.6 Å². The van der Waals surface area contributed by atoms with Crippen molar-refractivity contribution in [3.8, 4) is 6.07 Å². The number of carbonyl (C=O) groups excluding carboxylic acids is 1. The van der Waals surface area contributed by atoms with Crippen LogP contribution in [0.15, 0.2) is 18.2 Å². The minimum atomic E-state index is -2.97. The normalized spacial score (nSPS) is 21.8. The number of hydrogen-bond acceptors (Lipinski definition) is 7. The molecule has 0 bridgehead atoms. The van der Waals surface area contributed by atoms with E-state index >= 15 is 0 Å². The lowest BCUT2D eigenvalue weighted by Crippen LogP contribution is -2.54. The maximum absolute atomic E-state index is 12.4. The summed E-state index contributed by atoms with van der Waals surface area (Å²) in [4.78, 5) is 18.2. The Kier molecular flexibility index (Phi) is 6.18. The summed E-state index contributed by atoms with van der Waals surface area (Å²) in [6.45, 7) is 10.2. The molecule has 2 saturated heterocycles. The summed E-state index contributed by atoms with van der Waals surface area (Å²) in [5, 5.41) is 9.68. The van der Waals surface area contributed by atoms with E-state index in [2.05, 4.69) is 11.0 Å². The predicted octanol–water partition coefficient (Wildman–Crippen LogP) is 2.24. The van der Waals surface area contributed by atoms with Crippen molar-refractivity contribution in [1.82, 2.24) is 4.90 Å². The monoisotopic (exact) mass is 434 g/mol. The van der Waals surface area contributed by atoms with Crippen LogP contribution >= 0.6 is 0 Å². The summed E-state index contributed by atoms with van der Waals surface area (Å²) in [5.41, 5.74) is 1.71. The van der Waals surface area contributed by atoms with Crippen molar-refractivity contribution >= 4 is 27.3 Å². The molecule has 0 saturated carbocycles. The van der Waals surface area contributed by atoms with Gasteiger partial charge in [-0.3, -0.25) is 0 Å². The van der Waals surface area contributed by atoms with E-state index in [4.69, 9.17) is 4.74 Å². The van der Waals surface area contributed by atoms with Crippen molar-refractivity contribution in [1.29, 1.82) is 5.26 Å². The first-order valence-corrected chi connectivity index (χ1v) is 12.1. The van der Waals surface area contributed by atoms with Crippen LogP contribution in [0.5, 0.6) is 0 Å². The molecule has 1 atom stereocenters. The molecular weight excluding hydrogens is 404 g/mol. The standard InChI is InChI=1S/C21H30N4O4S/c1-16-15-24(20(26)29-21(2,3)4)7-8-25(16)18-5-6-19(17(13-18)14-22)23-9-11-30(27,28)12-10-23/h5-6,13,16H,7-12,15H2,1-4H3/t16-/m1/s1.